The molecule has 3 N–H and O–H groups in total. The van der Waals surface area contributed by atoms with Crippen LogP contribution >= 0.6 is 23.2 Å². The Balaban J connectivity index is 1.44. The summed E-state index contributed by atoms with van der Waals surface area (Å²) in [6.45, 7) is 2.17. The number of anilines is 1. The summed E-state index contributed by atoms with van der Waals surface area (Å²) in [5, 5.41) is 8.98. The van der Waals surface area contributed by atoms with Gasteiger partial charge >= 0.3 is 0 Å². The van der Waals surface area contributed by atoms with Crippen LogP contribution in [0.5, 0.6) is 5.75 Å². The predicted octanol–water partition coefficient (Wildman–Crippen LogP) is 4.56. The molecule has 3 aromatic rings. The van der Waals surface area contributed by atoms with Gasteiger partial charge in [0.1, 0.15) is 5.75 Å². The number of hydrogen-bond donors (Lipinski definition) is 3. The molecular formula is C25H23Cl2N3O4. The van der Waals surface area contributed by atoms with E-state index >= 15 is 0 Å². The largest absolute Gasteiger partial charge is 0.479 e. The van der Waals surface area contributed by atoms with Gasteiger partial charge in [-0.2, -0.15) is 0 Å². The number of nitrogens with one attached hydrogen (secondary N) is 3. The molecule has 1 atom stereocenters. The second-order valence-corrected chi connectivity index (χ2v) is 8.12. The summed E-state index contributed by atoms with van der Waals surface area (Å²) in [6.07, 6.45) is -0.812. The van der Waals surface area contributed by atoms with Crippen LogP contribution in [0.25, 0.3) is 0 Å². The lowest BCUT2D eigenvalue weighted by atomic mass is 10.2. The van der Waals surface area contributed by atoms with Crippen molar-refractivity contribution < 1.29 is 19.1 Å². The molecule has 3 amide bonds. The van der Waals surface area contributed by atoms with Crippen molar-refractivity contribution in [3.8, 4) is 5.75 Å². The molecule has 7 nitrogen and oxygen atoms in total. The molecular weight excluding hydrogens is 477 g/mol. The van der Waals surface area contributed by atoms with Crippen molar-refractivity contribution in [2.24, 2.45) is 0 Å². The summed E-state index contributed by atoms with van der Waals surface area (Å²) < 4.78 is 5.60. The van der Waals surface area contributed by atoms with E-state index < -0.39 is 6.10 Å². The monoisotopic (exact) mass is 499 g/mol. The normalized spacial score (nSPS) is 11.3. The molecule has 0 saturated heterocycles. The van der Waals surface area contributed by atoms with Crippen LogP contribution in [0.1, 0.15) is 27.6 Å². The number of ether oxygens (including phenoxy) is 1. The summed E-state index contributed by atoms with van der Waals surface area (Å²) in [5.41, 5.74) is 1.49. The Hall–Kier alpha value is -3.55. The van der Waals surface area contributed by atoms with E-state index in [0.717, 1.165) is 0 Å². The second-order valence-electron chi connectivity index (χ2n) is 7.28. The summed E-state index contributed by atoms with van der Waals surface area (Å²) in [4.78, 5) is 36.7. The molecule has 0 aromatic heterocycles. The fourth-order valence-corrected chi connectivity index (χ4v) is 3.36. The first-order valence-corrected chi connectivity index (χ1v) is 11.2. The van der Waals surface area contributed by atoms with Gasteiger partial charge in [-0.05, 0) is 61.5 Å². The predicted molar refractivity (Wildman–Crippen MR) is 133 cm³/mol. The van der Waals surface area contributed by atoms with Gasteiger partial charge < -0.3 is 20.7 Å². The molecule has 9 heteroatoms. The van der Waals surface area contributed by atoms with E-state index in [-0.39, 0.29) is 24.3 Å². The molecule has 176 valence electrons. The van der Waals surface area contributed by atoms with Gasteiger partial charge in [-0.3, -0.25) is 14.4 Å². The second kappa shape index (κ2) is 12.1. The number of hydrogen-bond acceptors (Lipinski definition) is 4. The molecule has 34 heavy (non-hydrogen) atoms. The molecule has 3 rings (SSSR count). The fourth-order valence-electron chi connectivity index (χ4n) is 2.91. The minimum atomic E-state index is -0.812. The third kappa shape index (κ3) is 7.23. The van der Waals surface area contributed by atoms with Crippen LogP contribution in [-0.2, 0) is 4.79 Å². The number of carbonyl (C=O) groups is 3. The molecule has 0 radical (unpaired) electrons. The molecule has 0 spiro atoms. The van der Waals surface area contributed by atoms with Crippen molar-refractivity contribution in [1.29, 1.82) is 0 Å². The zero-order chi connectivity index (χ0) is 24.5. The van der Waals surface area contributed by atoms with Crippen LogP contribution in [0.2, 0.25) is 10.0 Å². The van der Waals surface area contributed by atoms with Crippen LogP contribution < -0.4 is 20.7 Å². The van der Waals surface area contributed by atoms with Crippen molar-refractivity contribution in [3.63, 3.8) is 0 Å². The third-order valence-electron chi connectivity index (χ3n) is 4.71. The summed E-state index contributed by atoms with van der Waals surface area (Å²) in [5.74, 6) is -0.523. The maximum absolute atomic E-state index is 12.4. The first-order chi connectivity index (χ1) is 16.3. The van der Waals surface area contributed by atoms with Crippen LogP contribution in [0.4, 0.5) is 5.69 Å². The van der Waals surface area contributed by atoms with Crippen molar-refractivity contribution in [2.75, 3.05) is 18.4 Å². The minimum Gasteiger partial charge on any atom is -0.479 e. The highest BCUT2D eigenvalue weighted by Gasteiger charge is 2.17. The lowest BCUT2D eigenvalue weighted by Crippen LogP contribution is -2.34. The fraction of sp³-hybridized carbons (Fsp3) is 0.160. The summed E-state index contributed by atoms with van der Waals surface area (Å²) in [6, 6.07) is 20.0. The van der Waals surface area contributed by atoms with E-state index in [1.165, 1.54) is 6.07 Å². The summed E-state index contributed by atoms with van der Waals surface area (Å²) >= 11 is 11.9. The Morgan fingerprint density at radius 1 is 0.824 bits per heavy atom. The quantitative estimate of drug-likeness (QED) is 0.376. The Morgan fingerprint density at radius 3 is 2.00 bits per heavy atom. The van der Waals surface area contributed by atoms with E-state index in [1.807, 2.05) is 6.07 Å². The zero-order valence-electron chi connectivity index (χ0n) is 18.3. The van der Waals surface area contributed by atoms with Gasteiger partial charge in [0, 0.05) is 34.9 Å². The average Bonchev–Trinajstić information content (AvgIpc) is 2.84. The maximum atomic E-state index is 12.4. The molecule has 0 saturated carbocycles. The highest BCUT2D eigenvalue weighted by atomic mass is 35.5. The number of rotatable bonds is 9. The Bertz CT molecular complexity index is 1150. The Kier molecular flexibility index (Phi) is 8.90. The lowest BCUT2D eigenvalue weighted by Gasteiger charge is -2.16. The minimum absolute atomic E-state index is 0.202. The van der Waals surface area contributed by atoms with E-state index in [9.17, 15) is 14.4 Å². The zero-order valence-corrected chi connectivity index (χ0v) is 19.8. The number of amides is 3. The van der Waals surface area contributed by atoms with E-state index in [1.54, 1.807) is 67.6 Å². The molecule has 1 unspecified atom stereocenters. The average molecular weight is 500 g/mol. The molecule has 0 aliphatic heterocycles. The van der Waals surface area contributed by atoms with Gasteiger partial charge in [-0.25, -0.2) is 0 Å². The maximum Gasteiger partial charge on any atom is 0.265 e. The first-order valence-electron chi connectivity index (χ1n) is 10.5. The molecule has 0 aliphatic rings. The van der Waals surface area contributed by atoms with Crippen molar-refractivity contribution in [1.82, 2.24) is 10.6 Å². The number of benzene rings is 3. The van der Waals surface area contributed by atoms with Gasteiger partial charge in [0.15, 0.2) is 6.10 Å². The lowest BCUT2D eigenvalue weighted by molar-refractivity contribution is -0.122. The Labute approximate surface area is 207 Å². The smallest absolute Gasteiger partial charge is 0.265 e. The van der Waals surface area contributed by atoms with Gasteiger partial charge in [-0.15, -0.1) is 0 Å². The van der Waals surface area contributed by atoms with E-state index in [4.69, 9.17) is 27.9 Å². The summed E-state index contributed by atoms with van der Waals surface area (Å²) in [7, 11) is 0. The molecule has 0 aliphatic carbocycles. The number of carbonyl (C=O) groups excluding carboxylic acids is 3. The highest BCUT2D eigenvalue weighted by molar-refractivity contribution is 6.35. The molecule has 3 aromatic carbocycles. The van der Waals surface area contributed by atoms with Crippen LogP contribution in [-0.4, -0.2) is 36.9 Å². The number of halogens is 2. The standard InChI is InChI=1S/C25H23Cl2N3O4/c1-16(34-22-12-9-19(26)15-21(22)27)23(31)30-20-10-7-18(8-11-20)25(33)29-14-13-28-24(32)17-5-3-2-4-6-17/h2-12,15-16H,13-14H2,1H3,(H,28,32)(H,29,33)(H,30,31). The van der Waals surface area contributed by atoms with Gasteiger partial charge in [0.25, 0.3) is 17.7 Å². The SMILES string of the molecule is CC(Oc1ccc(Cl)cc1Cl)C(=O)Nc1ccc(C(=O)NCCNC(=O)c2ccccc2)cc1. The topological polar surface area (TPSA) is 96.5 Å². The van der Waals surface area contributed by atoms with Crippen LogP contribution in [0.15, 0.2) is 72.8 Å². The third-order valence-corrected chi connectivity index (χ3v) is 5.24. The van der Waals surface area contributed by atoms with Crippen molar-refractivity contribution in [3.05, 3.63) is 94.0 Å². The highest BCUT2D eigenvalue weighted by Crippen LogP contribution is 2.28. The molecule has 0 bridgehead atoms. The van der Waals surface area contributed by atoms with Gasteiger partial charge in [0.05, 0.1) is 5.02 Å². The molecule has 0 fully saturated rings. The van der Waals surface area contributed by atoms with E-state index in [0.29, 0.717) is 39.2 Å². The molecule has 0 heterocycles. The first kappa shape index (κ1) is 25.1. The van der Waals surface area contributed by atoms with Crippen LogP contribution in [0.3, 0.4) is 0 Å². The van der Waals surface area contributed by atoms with Gasteiger partial charge in [0.2, 0.25) is 0 Å². The Morgan fingerprint density at radius 2 is 1.41 bits per heavy atom. The van der Waals surface area contributed by atoms with Crippen LogP contribution in [0, 0.1) is 0 Å². The van der Waals surface area contributed by atoms with Gasteiger partial charge in [-0.1, -0.05) is 41.4 Å². The van der Waals surface area contributed by atoms with E-state index in [2.05, 4.69) is 16.0 Å². The van der Waals surface area contributed by atoms with Crippen molar-refractivity contribution >= 4 is 46.6 Å². The van der Waals surface area contributed by atoms with Crippen molar-refractivity contribution in [2.45, 2.75) is 13.0 Å².